The van der Waals surface area contributed by atoms with Crippen LogP contribution in [0.4, 0.5) is 0 Å². The molecule has 19 heteroatoms. The fourth-order valence-corrected chi connectivity index (χ4v) is 10.7. The van der Waals surface area contributed by atoms with Crippen LogP contribution in [0.2, 0.25) is 0 Å². The Morgan fingerprint density at radius 1 is 0.432 bits per heavy atom. The highest BCUT2D eigenvalue weighted by Gasteiger charge is 2.53. The SMILES string of the molecule is CCCCCCCCCCCCCC/C=C/CC/C=C/CC/C=C/C(O)C(COC1OC(CO)C(OC2OC(CO)C(OC3OC(CO)C(O)C(O)C3O)C(O)C2O)C(O)C1O)NC(=O)CCCCCCCCCCCCCCCC. The number of unbranched alkanes of at least 4 members (excludes halogenated alkanes) is 27. The van der Waals surface area contributed by atoms with Gasteiger partial charge in [-0.15, -0.1) is 0 Å². The van der Waals surface area contributed by atoms with E-state index in [0.29, 0.717) is 12.8 Å². The van der Waals surface area contributed by atoms with Crippen molar-refractivity contribution in [3.8, 4) is 0 Å². The van der Waals surface area contributed by atoms with E-state index in [1.54, 1.807) is 6.08 Å². The highest BCUT2D eigenvalue weighted by Crippen LogP contribution is 2.33. The predicted molar refractivity (Wildman–Crippen MR) is 309 cm³/mol. The Hall–Kier alpha value is -1.99. The number of allylic oxidation sites excluding steroid dienone is 5. The van der Waals surface area contributed by atoms with E-state index in [0.717, 1.165) is 44.9 Å². The van der Waals surface area contributed by atoms with Crippen molar-refractivity contribution in [3.05, 3.63) is 36.5 Å². The molecule has 3 aliphatic heterocycles. The monoisotopic (exact) mass is 1160 g/mol. The molecule has 17 atom stereocenters. The minimum Gasteiger partial charge on any atom is -0.394 e. The molecule has 0 aromatic rings. The van der Waals surface area contributed by atoms with Crippen molar-refractivity contribution >= 4 is 5.91 Å². The lowest BCUT2D eigenvalue weighted by molar-refractivity contribution is -0.379. The van der Waals surface area contributed by atoms with Gasteiger partial charge in [0.15, 0.2) is 18.9 Å². The van der Waals surface area contributed by atoms with E-state index in [9.17, 15) is 61.0 Å². The number of nitrogens with one attached hydrogen (secondary N) is 1. The van der Waals surface area contributed by atoms with Gasteiger partial charge >= 0.3 is 0 Å². The molecule has 3 fully saturated rings. The summed E-state index contributed by atoms with van der Waals surface area (Å²) in [7, 11) is 0. The van der Waals surface area contributed by atoms with Gasteiger partial charge in [-0.25, -0.2) is 0 Å². The molecule has 17 unspecified atom stereocenters. The second-order valence-corrected chi connectivity index (χ2v) is 22.9. The van der Waals surface area contributed by atoms with Crippen molar-refractivity contribution in [1.82, 2.24) is 5.32 Å². The van der Waals surface area contributed by atoms with E-state index in [4.69, 9.17) is 28.4 Å². The predicted octanol–water partition coefficient (Wildman–Crippen LogP) is 6.49. The Morgan fingerprint density at radius 3 is 1.23 bits per heavy atom. The second kappa shape index (κ2) is 45.3. The number of amides is 1. The number of aliphatic hydroxyl groups is 11. The van der Waals surface area contributed by atoms with E-state index >= 15 is 0 Å². The Kier molecular flexibility index (Phi) is 41.0. The molecule has 1 amide bonds. The first kappa shape index (κ1) is 73.3. The summed E-state index contributed by atoms with van der Waals surface area (Å²) in [5, 5.41) is 120. The maximum absolute atomic E-state index is 13.3. The van der Waals surface area contributed by atoms with Crippen LogP contribution in [0.3, 0.4) is 0 Å². The molecular weight excluding hydrogens is 1050 g/mol. The smallest absolute Gasteiger partial charge is 0.220 e. The zero-order chi connectivity index (χ0) is 59.0. The third kappa shape index (κ3) is 28.8. The summed E-state index contributed by atoms with van der Waals surface area (Å²) < 4.78 is 34.2. The molecular formula is C62H113NO18. The normalized spacial score (nSPS) is 30.0. The summed E-state index contributed by atoms with van der Waals surface area (Å²) in [5.41, 5.74) is 0. The van der Waals surface area contributed by atoms with Crippen LogP contribution in [0.1, 0.15) is 219 Å². The summed E-state index contributed by atoms with van der Waals surface area (Å²) >= 11 is 0. The van der Waals surface area contributed by atoms with Crippen molar-refractivity contribution in [2.75, 3.05) is 26.4 Å². The van der Waals surface area contributed by atoms with E-state index in [2.05, 4.69) is 43.5 Å². The van der Waals surface area contributed by atoms with Gasteiger partial charge < -0.3 is 89.9 Å². The van der Waals surface area contributed by atoms with Crippen LogP contribution < -0.4 is 5.32 Å². The van der Waals surface area contributed by atoms with Crippen LogP contribution in [0.25, 0.3) is 0 Å². The number of carbonyl (C=O) groups excluding carboxylic acids is 1. The highest BCUT2D eigenvalue weighted by molar-refractivity contribution is 5.76. The van der Waals surface area contributed by atoms with Gasteiger partial charge in [0.25, 0.3) is 0 Å². The number of carbonyl (C=O) groups is 1. The fourth-order valence-electron chi connectivity index (χ4n) is 10.7. The zero-order valence-electron chi connectivity index (χ0n) is 49.5. The van der Waals surface area contributed by atoms with Gasteiger partial charge in [0, 0.05) is 6.42 Å². The van der Waals surface area contributed by atoms with Gasteiger partial charge in [-0.3, -0.25) is 4.79 Å². The lowest BCUT2D eigenvalue weighted by Crippen LogP contribution is -2.66. The van der Waals surface area contributed by atoms with Crippen LogP contribution in [-0.4, -0.2) is 193 Å². The van der Waals surface area contributed by atoms with Crippen LogP contribution in [-0.2, 0) is 33.2 Å². The van der Waals surface area contributed by atoms with Crippen LogP contribution in [0, 0.1) is 0 Å². The molecule has 0 saturated carbocycles. The Balaban J connectivity index is 1.50. The van der Waals surface area contributed by atoms with Gasteiger partial charge in [0.05, 0.1) is 38.6 Å². The highest BCUT2D eigenvalue weighted by atomic mass is 16.8. The van der Waals surface area contributed by atoms with Crippen molar-refractivity contribution in [1.29, 1.82) is 0 Å². The quantitative estimate of drug-likeness (QED) is 0.0229. The number of aliphatic hydroxyl groups excluding tert-OH is 11. The van der Waals surface area contributed by atoms with Crippen LogP contribution >= 0.6 is 0 Å². The summed E-state index contributed by atoms with van der Waals surface area (Å²) in [4.78, 5) is 13.3. The van der Waals surface area contributed by atoms with Crippen molar-refractivity contribution in [3.63, 3.8) is 0 Å². The van der Waals surface area contributed by atoms with Crippen molar-refractivity contribution < 1.29 is 89.4 Å². The molecule has 474 valence electrons. The number of rotatable bonds is 47. The Morgan fingerprint density at radius 2 is 0.790 bits per heavy atom. The van der Waals surface area contributed by atoms with Crippen LogP contribution in [0.15, 0.2) is 36.5 Å². The van der Waals surface area contributed by atoms with Gasteiger partial charge in [0.1, 0.15) is 73.2 Å². The van der Waals surface area contributed by atoms with E-state index in [1.807, 2.05) is 6.08 Å². The Bertz CT molecular complexity index is 1620. The van der Waals surface area contributed by atoms with E-state index < -0.39 is 124 Å². The first-order chi connectivity index (χ1) is 39.3. The third-order valence-electron chi connectivity index (χ3n) is 15.9. The summed E-state index contributed by atoms with van der Waals surface area (Å²) in [5.74, 6) is -0.289. The molecule has 3 saturated heterocycles. The number of hydrogen-bond donors (Lipinski definition) is 12. The van der Waals surface area contributed by atoms with E-state index in [-0.39, 0.29) is 18.9 Å². The van der Waals surface area contributed by atoms with Gasteiger partial charge in [-0.1, -0.05) is 204 Å². The summed E-state index contributed by atoms with van der Waals surface area (Å²) in [6, 6.07) is -0.993. The minimum absolute atomic E-state index is 0.235. The first-order valence-electron chi connectivity index (χ1n) is 31.7. The van der Waals surface area contributed by atoms with Gasteiger partial charge in [0.2, 0.25) is 5.91 Å². The molecule has 0 aromatic heterocycles. The minimum atomic E-state index is -1.98. The zero-order valence-corrected chi connectivity index (χ0v) is 49.5. The average molecular weight is 1160 g/mol. The second-order valence-electron chi connectivity index (χ2n) is 22.9. The first-order valence-corrected chi connectivity index (χ1v) is 31.7. The lowest BCUT2D eigenvalue weighted by atomic mass is 9.96. The van der Waals surface area contributed by atoms with Crippen molar-refractivity contribution in [2.24, 2.45) is 0 Å². The standard InChI is InChI=1S/C62H113NO18/c1-3-5-7-9-11-13-15-17-19-20-21-22-23-24-25-26-27-29-31-33-35-37-39-46(67)45(63-50(68)40-38-36-34-32-30-28-18-16-14-12-10-8-6-4-2)44-76-60-56(74)53(71)58(48(42-65)78-60)81-62-57(75)54(72)59(49(43-66)79-62)80-61-55(73)52(70)51(69)47(41-64)77-61/h24-25,29,31,37,39,45-49,51-62,64-67,69-75H,3-23,26-28,30,32-36,38,40-44H2,1-2H3,(H,63,68)/b25-24+,31-29+,39-37+. The molecule has 0 bridgehead atoms. The number of hydrogen-bond acceptors (Lipinski definition) is 18. The topological polar surface area (TPSA) is 307 Å². The molecule has 81 heavy (non-hydrogen) atoms. The molecule has 0 radical (unpaired) electrons. The average Bonchev–Trinajstić information content (AvgIpc) is 3.46. The summed E-state index contributed by atoms with van der Waals surface area (Å²) in [6.07, 6.45) is 22.7. The largest absolute Gasteiger partial charge is 0.394 e. The molecule has 3 rings (SSSR count). The molecule has 3 aliphatic rings. The molecule has 12 N–H and O–H groups in total. The molecule has 3 heterocycles. The maximum Gasteiger partial charge on any atom is 0.220 e. The number of ether oxygens (including phenoxy) is 6. The van der Waals surface area contributed by atoms with E-state index in [1.165, 1.54) is 141 Å². The maximum atomic E-state index is 13.3. The lowest BCUT2D eigenvalue weighted by Gasteiger charge is -2.48. The Labute approximate surface area is 485 Å². The van der Waals surface area contributed by atoms with Crippen LogP contribution in [0.5, 0.6) is 0 Å². The van der Waals surface area contributed by atoms with Gasteiger partial charge in [-0.05, 0) is 44.9 Å². The summed E-state index contributed by atoms with van der Waals surface area (Å²) in [6.45, 7) is 1.70. The molecule has 0 aliphatic carbocycles. The molecule has 0 aromatic carbocycles. The third-order valence-corrected chi connectivity index (χ3v) is 15.9. The fraction of sp³-hybridized carbons (Fsp3) is 0.887. The molecule has 19 nitrogen and oxygen atoms in total. The van der Waals surface area contributed by atoms with Crippen molar-refractivity contribution in [2.45, 2.75) is 324 Å². The van der Waals surface area contributed by atoms with Gasteiger partial charge in [-0.2, -0.15) is 0 Å². The molecule has 0 spiro atoms.